The summed E-state index contributed by atoms with van der Waals surface area (Å²) in [4.78, 5) is 22.0. The first-order chi connectivity index (χ1) is 7.04. The number of carboxylic acids is 1. The molecule has 0 aromatic carbocycles. The number of aromatic nitrogens is 2. The lowest BCUT2D eigenvalue weighted by atomic mass is 10.3. The first kappa shape index (κ1) is 11.2. The van der Waals surface area contributed by atoms with Crippen LogP contribution in [0.25, 0.3) is 0 Å². The first-order valence-electron chi connectivity index (χ1n) is 4.60. The third-order valence-corrected chi connectivity index (χ3v) is 1.94. The lowest BCUT2D eigenvalue weighted by molar-refractivity contribution is -0.138. The van der Waals surface area contributed by atoms with Gasteiger partial charge in [0.05, 0.1) is 11.8 Å². The minimum Gasteiger partial charge on any atom is -0.480 e. The van der Waals surface area contributed by atoms with Crippen LogP contribution in [0, 0.1) is 0 Å². The molecule has 1 amide bonds. The number of carboxylic acid groups (broad SMARTS) is 1. The van der Waals surface area contributed by atoms with Gasteiger partial charge in [-0.3, -0.25) is 14.3 Å². The van der Waals surface area contributed by atoms with Crippen LogP contribution < -0.4 is 5.32 Å². The summed E-state index contributed by atoms with van der Waals surface area (Å²) in [5, 5.41) is 14.9. The van der Waals surface area contributed by atoms with Crippen LogP contribution in [0.15, 0.2) is 12.4 Å². The highest BCUT2D eigenvalue weighted by Crippen LogP contribution is 1.98. The number of aliphatic carboxylic acids is 1. The third-order valence-electron chi connectivity index (χ3n) is 1.94. The molecule has 6 nitrogen and oxygen atoms in total. The topological polar surface area (TPSA) is 84.2 Å². The summed E-state index contributed by atoms with van der Waals surface area (Å²) in [6.45, 7) is 3.97. The summed E-state index contributed by atoms with van der Waals surface area (Å²) < 4.78 is 1.60. The Bertz CT molecular complexity index is 372. The van der Waals surface area contributed by atoms with E-state index in [1.807, 2.05) is 6.92 Å². The fourth-order valence-electron chi connectivity index (χ4n) is 0.995. The molecule has 0 bridgehead atoms. The van der Waals surface area contributed by atoms with Gasteiger partial charge in [0.25, 0.3) is 5.91 Å². The maximum absolute atomic E-state index is 11.5. The summed E-state index contributed by atoms with van der Waals surface area (Å²) in [6, 6.07) is -0.900. The van der Waals surface area contributed by atoms with Crippen LogP contribution in [-0.2, 0) is 11.3 Å². The molecular formula is C9H13N3O3. The predicted molar refractivity (Wildman–Crippen MR) is 52.5 cm³/mol. The maximum atomic E-state index is 11.5. The fourth-order valence-corrected chi connectivity index (χ4v) is 0.995. The van der Waals surface area contributed by atoms with Crippen molar-refractivity contribution in [1.82, 2.24) is 15.1 Å². The van der Waals surface area contributed by atoms with Gasteiger partial charge in [-0.25, -0.2) is 0 Å². The number of carbonyl (C=O) groups excluding carboxylic acids is 1. The molecule has 0 aliphatic rings. The van der Waals surface area contributed by atoms with Crippen molar-refractivity contribution >= 4 is 11.9 Å². The summed E-state index contributed by atoms with van der Waals surface area (Å²) in [7, 11) is 0. The smallest absolute Gasteiger partial charge is 0.325 e. The highest BCUT2D eigenvalue weighted by atomic mass is 16.4. The Labute approximate surface area is 86.9 Å². The average Bonchev–Trinajstić information content (AvgIpc) is 2.65. The second kappa shape index (κ2) is 4.59. The summed E-state index contributed by atoms with van der Waals surface area (Å²) >= 11 is 0. The minimum absolute atomic E-state index is 0.366. The number of rotatable bonds is 4. The van der Waals surface area contributed by atoms with Crippen molar-refractivity contribution in [3.8, 4) is 0 Å². The highest BCUT2D eigenvalue weighted by Gasteiger charge is 2.16. The Kier molecular flexibility index (Phi) is 3.43. The molecule has 0 aliphatic heterocycles. The quantitative estimate of drug-likeness (QED) is 0.740. The molecule has 0 fully saturated rings. The van der Waals surface area contributed by atoms with Crippen LogP contribution in [-0.4, -0.2) is 32.8 Å². The van der Waals surface area contributed by atoms with Crippen molar-refractivity contribution in [3.05, 3.63) is 18.0 Å². The molecule has 1 aromatic rings. The van der Waals surface area contributed by atoms with Crippen molar-refractivity contribution in [2.75, 3.05) is 0 Å². The van der Waals surface area contributed by atoms with Crippen LogP contribution in [0.4, 0.5) is 0 Å². The Balaban J connectivity index is 2.65. The molecule has 1 rings (SSSR count). The van der Waals surface area contributed by atoms with E-state index in [-0.39, 0.29) is 0 Å². The Morgan fingerprint density at radius 3 is 2.80 bits per heavy atom. The number of nitrogens with zero attached hydrogens (tertiary/aromatic N) is 2. The average molecular weight is 211 g/mol. The maximum Gasteiger partial charge on any atom is 0.325 e. The van der Waals surface area contributed by atoms with Crippen molar-refractivity contribution in [2.45, 2.75) is 26.4 Å². The molecule has 0 unspecified atom stereocenters. The molecule has 0 saturated carbocycles. The molecule has 82 valence electrons. The standard InChI is InChI=1S/C9H13N3O3/c1-3-12-5-7(4-10-12)8(13)11-6(2)9(14)15/h4-6H,3H2,1-2H3,(H,11,13)(H,14,15)/t6-/m1/s1. The van der Waals surface area contributed by atoms with Crippen molar-refractivity contribution < 1.29 is 14.7 Å². The number of aryl methyl sites for hydroxylation is 1. The number of nitrogens with one attached hydrogen (secondary N) is 1. The monoisotopic (exact) mass is 211 g/mol. The summed E-state index contributed by atoms with van der Waals surface area (Å²) in [5.41, 5.74) is 0.366. The molecule has 0 aliphatic carbocycles. The Morgan fingerprint density at radius 1 is 1.67 bits per heavy atom. The lowest BCUT2D eigenvalue weighted by Crippen LogP contribution is -2.38. The highest BCUT2D eigenvalue weighted by molar-refractivity contribution is 5.96. The minimum atomic E-state index is -1.06. The number of hydrogen-bond acceptors (Lipinski definition) is 3. The third kappa shape index (κ3) is 2.80. The van der Waals surface area contributed by atoms with Gasteiger partial charge in [-0.2, -0.15) is 5.10 Å². The molecule has 0 saturated heterocycles. The zero-order valence-electron chi connectivity index (χ0n) is 8.60. The van der Waals surface area contributed by atoms with Gasteiger partial charge in [-0.05, 0) is 13.8 Å². The Hall–Kier alpha value is -1.85. The van der Waals surface area contributed by atoms with Crippen LogP contribution >= 0.6 is 0 Å². The number of hydrogen-bond donors (Lipinski definition) is 2. The number of amides is 1. The summed E-state index contributed by atoms with van der Waals surface area (Å²) in [6.07, 6.45) is 2.98. The fraction of sp³-hybridized carbons (Fsp3) is 0.444. The molecular weight excluding hydrogens is 198 g/mol. The second-order valence-corrected chi connectivity index (χ2v) is 3.12. The predicted octanol–water partition coefficient (Wildman–Crippen LogP) is 0.106. The van der Waals surface area contributed by atoms with E-state index in [4.69, 9.17) is 5.11 Å². The Morgan fingerprint density at radius 2 is 2.33 bits per heavy atom. The van der Waals surface area contributed by atoms with Gasteiger partial charge in [0, 0.05) is 12.7 Å². The van der Waals surface area contributed by atoms with E-state index in [2.05, 4.69) is 10.4 Å². The largest absolute Gasteiger partial charge is 0.480 e. The van der Waals surface area contributed by atoms with E-state index >= 15 is 0 Å². The molecule has 6 heteroatoms. The van der Waals surface area contributed by atoms with Crippen molar-refractivity contribution in [2.24, 2.45) is 0 Å². The number of carbonyl (C=O) groups is 2. The van der Waals surface area contributed by atoms with Gasteiger partial charge in [0.15, 0.2) is 0 Å². The zero-order valence-corrected chi connectivity index (χ0v) is 8.60. The SMILES string of the molecule is CCn1cc(C(=O)N[C@H](C)C(=O)O)cn1. The van der Waals surface area contributed by atoms with Crippen molar-refractivity contribution in [3.63, 3.8) is 0 Å². The van der Waals surface area contributed by atoms with Crippen LogP contribution in [0.2, 0.25) is 0 Å². The van der Waals surface area contributed by atoms with Crippen LogP contribution in [0.5, 0.6) is 0 Å². The molecule has 1 heterocycles. The van der Waals surface area contributed by atoms with E-state index in [0.717, 1.165) is 0 Å². The first-order valence-corrected chi connectivity index (χ1v) is 4.60. The van der Waals surface area contributed by atoms with Gasteiger partial charge in [0.1, 0.15) is 6.04 Å². The second-order valence-electron chi connectivity index (χ2n) is 3.12. The van der Waals surface area contributed by atoms with Gasteiger partial charge < -0.3 is 10.4 Å². The molecule has 1 aromatic heterocycles. The van der Waals surface area contributed by atoms with Crippen LogP contribution in [0.1, 0.15) is 24.2 Å². The van der Waals surface area contributed by atoms with Gasteiger partial charge in [-0.1, -0.05) is 0 Å². The molecule has 15 heavy (non-hydrogen) atoms. The van der Waals surface area contributed by atoms with Gasteiger partial charge >= 0.3 is 5.97 Å². The summed E-state index contributed by atoms with van der Waals surface area (Å²) in [5.74, 6) is -1.49. The zero-order chi connectivity index (χ0) is 11.4. The van der Waals surface area contributed by atoms with Crippen LogP contribution in [0.3, 0.4) is 0 Å². The molecule has 0 radical (unpaired) electrons. The molecule has 2 N–H and O–H groups in total. The molecule has 1 atom stereocenters. The molecule has 0 spiro atoms. The van der Waals surface area contributed by atoms with E-state index < -0.39 is 17.9 Å². The van der Waals surface area contributed by atoms with E-state index in [1.165, 1.54) is 13.1 Å². The van der Waals surface area contributed by atoms with Gasteiger partial charge in [0.2, 0.25) is 0 Å². The normalized spacial score (nSPS) is 12.1. The van der Waals surface area contributed by atoms with E-state index in [1.54, 1.807) is 10.9 Å². The lowest BCUT2D eigenvalue weighted by Gasteiger charge is -2.07. The van der Waals surface area contributed by atoms with Gasteiger partial charge in [-0.15, -0.1) is 0 Å². The van der Waals surface area contributed by atoms with E-state index in [0.29, 0.717) is 12.1 Å². The van der Waals surface area contributed by atoms with E-state index in [9.17, 15) is 9.59 Å². The van der Waals surface area contributed by atoms with Crippen molar-refractivity contribution in [1.29, 1.82) is 0 Å².